The Morgan fingerprint density at radius 2 is 2.24 bits per heavy atom. The lowest BCUT2D eigenvalue weighted by Gasteiger charge is -2.27. The molecule has 2 aliphatic rings. The number of fused-ring (bicyclic) bond motifs is 1. The fraction of sp³-hybridized carbons (Fsp3) is 0.500. The molecule has 0 bridgehead atoms. The molecule has 1 aromatic rings. The molecule has 0 spiro atoms. The van der Waals surface area contributed by atoms with Gasteiger partial charge < -0.3 is 16.0 Å². The van der Waals surface area contributed by atoms with Crippen molar-refractivity contribution in [3.8, 4) is 0 Å². The predicted octanol–water partition coefficient (Wildman–Crippen LogP) is 1.41. The van der Waals surface area contributed by atoms with Crippen LogP contribution in [0.2, 0.25) is 0 Å². The van der Waals surface area contributed by atoms with Crippen LogP contribution in [0, 0.1) is 10.1 Å². The average molecular weight is 290 g/mol. The van der Waals surface area contributed by atoms with E-state index in [1.54, 1.807) is 0 Å². The summed E-state index contributed by atoms with van der Waals surface area (Å²) in [6, 6.07) is 3.48. The van der Waals surface area contributed by atoms with Gasteiger partial charge in [-0.15, -0.1) is 0 Å². The maximum Gasteiger partial charge on any atom is 0.294 e. The van der Waals surface area contributed by atoms with E-state index in [2.05, 4.69) is 5.32 Å². The van der Waals surface area contributed by atoms with Crippen LogP contribution >= 0.6 is 0 Å². The number of carbonyl (C=O) groups excluding carboxylic acids is 1. The maximum absolute atomic E-state index is 11.4. The van der Waals surface area contributed by atoms with Crippen molar-refractivity contribution in [2.24, 2.45) is 5.73 Å². The fourth-order valence-electron chi connectivity index (χ4n) is 3.18. The highest BCUT2D eigenvalue weighted by atomic mass is 16.6. The number of nitrogens with zero attached hydrogens (tertiary/aromatic N) is 2. The fourth-order valence-corrected chi connectivity index (χ4v) is 3.18. The minimum Gasteiger partial charge on any atom is -0.362 e. The van der Waals surface area contributed by atoms with Crippen molar-refractivity contribution < 1.29 is 9.72 Å². The molecule has 112 valence electrons. The van der Waals surface area contributed by atoms with Crippen LogP contribution in [-0.2, 0) is 11.2 Å². The van der Waals surface area contributed by atoms with Gasteiger partial charge in [-0.05, 0) is 30.9 Å². The van der Waals surface area contributed by atoms with Crippen LogP contribution < -0.4 is 16.0 Å². The van der Waals surface area contributed by atoms with Crippen molar-refractivity contribution in [3.05, 3.63) is 27.8 Å². The van der Waals surface area contributed by atoms with Crippen molar-refractivity contribution in [1.82, 2.24) is 0 Å². The molecule has 0 aliphatic carbocycles. The van der Waals surface area contributed by atoms with Gasteiger partial charge in [-0.25, -0.2) is 0 Å². The van der Waals surface area contributed by atoms with E-state index in [4.69, 9.17) is 5.73 Å². The van der Waals surface area contributed by atoms with Gasteiger partial charge in [0.15, 0.2) is 0 Å². The lowest BCUT2D eigenvalue weighted by Crippen LogP contribution is -2.36. The number of nitrogens with two attached hydrogens (primary N) is 1. The number of anilines is 2. The van der Waals surface area contributed by atoms with Crippen LogP contribution in [0.4, 0.5) is 17.1 Å². The number of rotatable bonds is 3. The smallest absolute Gasteiger partial charge is 0.294 e. The van der Waals surface area contributed by atoms with Gasteiger partial charge in [-0.1, -0.05) is 0 Å². The zero-order valence-electron chi connectivity index (χ0n) is 11.7. The van der Waals surface area contributed by atoms with Gasteiger partial charge in [-0.3, -0.25) is 14.9 Å². The molecule has 0 saturated carbocycles. The summed E-state index contributed by atoms with van der Waals surface area (Å²) < 4.78 is 0. The molecule has 2 aliphatic heterocycles. The SMILES string of the molecule is NCC1CCCN1c1cc2c(cc1[N+](=O)[O-])NC(=O)CC2. The second-order valence-corrected chi connectivity index (χ2v) is 5.53. The largest absolute Gasteiger partial charge is 0.362 e. The third-order valence-electron chi connectivity index (χ3n) is 4.25. The minimum absolute atomic E-state index is 0.0382. The molecule has 0 radical (unpaired) electrons. The van der Waals surface area contributed by atoms with E-state index in [0.29, 0.717) is 30.8 Å². The van der Waals surface area contributed by atoms with Crippen molar-refractivity contribution in [2.45, 2.75) is 31.7 Å². The van der Waals surface area contributed by atoms with Crippen LogP contribution in [0.5, 0.6) is 0 Å². The normalized spacial score (nSPS) is 21.1. The highest BCUT2D eigenvalue weighted by Crippen LogP contribution is 2.39. The van der Waals surface area contributed by atoms with E-state index in [0.717, 1.165) is 24.9 Å². The monoisotopic (exact) mass is 290 g/mol. The second kappa shape index (κ2) is 5.33. The predicted molar refractivity (Wildman–Crippen MR) is 79.5 cm³/mol. The molecule has 1 aromatic carbocycles. The molecular weight excluding hydrogens is 272 g/mol. The Morgan fingerprint density at radius 1 is 1.43 bits per heavy atom. The quantitative estimate of drug-likeness (QED) is 0.647. The van der Waals surface area contributed by atoms with Gasteiger partial charge in [0.1, 0.15) is 5.69 Å². The molecule has 1 unspecified atom stereocenters. The first kappa shape index (κ1) is 13.8. The number of nitro groups is 1. The zero-order valence-corrected chi connectivity index (χ0v) is 11.7. The highest BCUT2D eigenvalue weighted by Gasteiger charge is 2.31. The number of hydrogen-bond acceptors (Lipinski definition) is 5. The Labute approximate surface area is 122 Å². The van der Waals surface area contributed by atoms with E-state index in [9.17, 15) is 14.9 Å². The van der Waals surface area contributed by atoms with E-state index in [-0.39, 0.29) is 22.6 Å². The molecule has 1 saturated heterocycles. The summed E-state index contributed by atoms with van der Waals surface area (Å²) in [7, 11) is 0. The summed E-state index contributed by atoms with van der Waals surface area (Å²) in [5.74, 6) is -0.0921. The topological polar surface area (TPSA) is 102 Å². The Balaban J connectivity index is 2.06. The van der Waals surface area contributed by atoms with Crippen molar-refractivity contribution in [2.75, 3.05) is 23.3 Å². The first-order valence-corrected chi connectivity index (χ1v) is 7.18. The number of hydrogen-bond donors (Lipinski definition) is 2. The average Bonchev–Trinajstić information content (AvgIpc) is 2.94. The Morgan fingerprint density at radius 3 is 2.95 bits per heavy atom. The van der Waals surface area contributed by atoms with Crippen molar-refractivity contribution in [1.29, 1.82) is 0 Å². The van der Waals surface area contributed by atoms with Crippen LogP contribution in [0.1, 0.15) is 24.8 Å². The summed E-state index contributed by atoms with van der Waals surface area (Å²) in [5.41, 5.74) is 7.96. The molecule has 1 fully saturated rings. The Bertz CT molecular complexity index is 602. The molecule has 3 rings (SSSR count). The number of aryl methyl sites for hydroxylation is 1. The molecular formula is C14H18N4O3. The first-order valence-electron chi connectivity index (χ1n) is 7.18. The molecule has 2 heterocycles. The third-order valence-corrected chi connectivity index (χ3v) is 4.25. The third kappa shape index (κ3) is 2.44. The highest BCUT2D eigenvalue weighted by molar-refractivity contribution is 5.95. The van der Waals surface area contributed by atoms with E-state index in [1.165, 1.54) is 6.07 Å². The summed E-state index contributed by atoms with van der Waals surface area (Å²) in [6.07, 6.45) is 2.99. The van der Waals surface area contributed by atoms with Crippen LogP contribution in [-0.4, -0.2) is 30.0 Å². The lowest BCUT2D eigenvalue weighted by molar-refractivity contribution is -0.384. The van der Waals surface area contributed by atoms with Gasteiger partial charge in [0, 0.05) is 31.6 Å². The number of nitrogens with one attached hydrogen (secondary N) is 1. The standard InChI is InChI=1S/C14H18N4O3/c15-8-10-2-1-5-17(10)12-6-9-3-4-14(19)16-11(9)7-13(12)18(20)21/h6-7,10H,1-5,8,15H2,(H,16,19). The molecule has 1 atom stereocenters. The Kier molecular flexibility index (Phi) is 3.50. The van der Waals surface area contributed by atoms with Crippen LogP contribution in [0.25, 0.3) is 0 Å². The molecule has 21 heavy (non-hydrogen) atoms. The summed E-state index contributed by atoms with van der Waals surface area (Å²) >= 11 is 0. The van der Waals surface area contributed by atoms with Crippen molar-refractivity contribution >= 4 is 23.0 Å². The first-order chi connectivity index (χ1) is 10.1. The van der Waals surface area contributed by atoms with E-state index in [1.807, 2.05) is 11.0 Å². The molecule has 1 amide bonds. The second-order valence-electron chi connectivity index (χ2n) is 5.53. The van der Waals surface area contributed by atoms with Gasteiger partial charge >= 0.3 is 0 Å². The maximum atomic E-state index is 11.4. The molecule has 7 nitrogen and oxygen atoms in total. The van der Waals surface area contributed by atoms with Gasteiger partial charge in [-0.2, -0.15) is 0 Å². The van der Waals surface area contributed by atoms with Gasteiger partial charge in [0.05, 0.1) is 10.6 Å². The molecule has 0 aromatic heterocycles. The van der Waals surface area contributed by atoms with Crippen molar-refractivity contribution in [3.63, 3.8) is 0 Å². The van der Waals surface area contributed by atoms with Gasteiger partial charge in [0.2, 0.25) is 5.91 Å². The summed E-state index contributed by atoms with van der Waals surface area (Å²) in [5, 5.41) is 14.1. The van der Waals surface area contributed by atoms with Gasteiger partial charge in [0.25, 0.3) is 5.69 Å². The number of benzene rings is 1. The number of nitro benzene ring substituents is 1. The minimum atomic E-state index is -0.387. The van der Waals surface area contributed by atoms with Crippen LogP contribution in [0.3, 0.4) is 0 Å². The summed E-state index contributed by atoms with van der Waals surface area (Å²) in [4.78, 5) is 24.5. The zero-order chi connectivity index (χ0) is 15.0. The summed E-state index contributed by atoms with van der Waals surface area (Å²) in [6.45, 7) is 1.28. The molecule has 3 N–H and O–H groups in total. The van der Waals surface area contributed by atoms with E-state index >= 15 is 0 Å². The Hall–Kier alpha value is -2.15. The number of carbonyl (C=O) groups is 1. The van der Waals surface area contributed by atoms with E-state index < -0.39 is 0 Å². The molecule has 7 heteroatoms. The lowest BCUT2D eigenvalue weighted by atomic mass is 10.0. The van der Waals surface area contributed by atoms with Crippen LogP contribution in [0.15, 0.2) is 12.1 Å². The number of amides is 1.